The molecule has 0 radical (unpaired) electrons. The summed E-state index contributed by atoms with van der Waals surface area (Å²) in [7, 11) is 0. The first kappa shape index (κ1) is 17.3. The highest BCUT2D eigenvalue weighted by Crippen LogP contribution is 2.28. The van der Waals surface area contributed by atoms with Crippen LogP contribution in [0.25, 0.3) is 0 Å². The van der Waals surface area contributed by atoms with E-state index >= 15 is 0 Å². The Balaban J connectivity index is 1.86. The molecule has 0 N–H and O–H groups in total. The number of rotatable bonds is 7. The second kappa shape index (κ2) is 8.53. The minimum absolute atomic E-state index is 0.844. The highest BCUT2D eigenvalue weighted by molar-refractivity contribution is 4.89. The fraction of sp³-hybridized carbons (Fsp3) is 1.00. The first-order chi connectivity index (χ1) is 10.1. The minimum Gasteiger partial charge on any atom is -0.299 e. The molecule has 2 heteroatoms. The molecule has 2 aliphatic rings. The Kier molecular flexibility index (Phi) is 7.01. The van der Waals surface area contributed by atoms with Crippen LogP contribution in [0, 0.1) is 11.8 Å². The molecule has 2 rings (SSSR count). The van der Waals surface area contributed by atoms with Gasteiger partial charge < -0.3 is 0 Å². The molecule has 21 heavy (non-hydrogen) atoms. The standard InChI is InChI=1S/C19H38N2/c1-5-7-9-18(8-6-2)20-11-10-19(15-20)21-13-16(3)12-17(4)14-21/h16-19H,5-15H2,1-4H3. The zero-order chi connectivity index (χ0) is 15.2. The first-order valence-electron chi connectivity index (χ1n) is 9.62. The van der Waals surface area contributed by atoms with Crippen molar-refractivity contribution < 1.29 is 0 Å². The van der Waals surface area contributed by atoms with Gasteiger partial charge in [0.05, 0.1) is 0 Å². The molecule has 0 bridgehead atoms. The van der Waals surface area contributed by atoms with Gasteiger partial charge in [-0.05, 0) is 37.5 Å². The molecule has 4 unspecified atom stereocenters. The minimum atomic E-state index is 0.844. The Bertz CT molecular complexity index is 281. The van der Waals surface area contributed by atoms with Crippen molar-refractivity contribution >= 4 is 0 Å². The summed E-state index contributed by atoms with van der Waals surface area (Å²) in [6, 6.07) is 1.70. The smallest absolute Gasteiger partial charge is 0.0235 e. The topological polar surface area (TPSA) is 6.48 Å². The van der Waals surface area contributed by atoms with Crippen LogP contribution in [0.4, 0.5) is 0 Å². The van der Waals surface area contributed by atoms with E-state index in [1.54, 1.807) is 0 Å². The van der Waals surface area contributed by atoms with Crippen molar-refractivity contribution in [2.45, 2.75) is 84.7 Å². The molecule has 2 aliphatic heterocycles. The Morgan fingerprint density at radius 2 is 1.67 bits per heavy atom. The van der Waals surface area contributed by atoms with E-state index in [0.29, 0.717) is 0 Å². The van der Waals surface area contributed by atoms with Gasteiger partial charge in [0.2, 0.25) is 0 Å². The van der Waals surface area contributed by atoms with E-state index < -0.39 is 0 Å². The molecule has 0 aromatic heterocycles. The summed E-state index contributed by atoms with van der Waals surface area (Å²) in [5.74, 6) is 1.80. The number of hydrogen-bond donors (Lipinski definition) is 0. The lowest BCUT2D eigenvalue weighted by Crippen LogP contribution is -2.46. The molecule has 0 aliphatic carbocycles. The number of hydrogen-bond acceptors (Lipinski definition) is 2. The first-order valence-corrected chi connectivity index (χ1v) is 9.62. The SMILES string of the molecule is CCCCC(CCC)N1CCC(N2CC(C)CC(C)C2)C1. The van der Waals surface area contributed by atoms with E-state index in [4.69, 9.17) is 0 Å². The van der Waals surface area contributed by atoms with E-state index in [1.807, 2.05) is 0 Å². The van der Waals surface area contributed by atoms with Crippen LogP contribution in [-0.2, 0) is 0 Å². The Hall–Kier alpha value is -0.0800. The predicted molar refractivity (Wildman–Crippen MR) is 92.7 cm³/mol. The Morgan fingerprint density at radius 1 is 0.952 bits per heavy atom. The molecule has 4 atom stereocenters. The van der Waals surface area contributed by atoms with Crippen molar-refractivity contribution in [1.82, 2.24) is 9.80 Å². The summed E-state index contributed by atoms with van der Waals surface area (Å²) >= 11 is 0. The number of likely N-dealkylation sites (tertiary alicyclic amines) is 2. The van der Waals surface area contributed by atoms with Crippen LogP contribution in [0.3, 0.4) is 0 Å². The van der Waals surface area contributed by atoms with Crippen molar-refractivity contribution in [2.75, 3.05) is 26.2 Å². The molecule has 0 aromatic rings. The molecule has 0 saturated carbocycles. The zero-order valence-corrected chi connectivity index (χ0v) is 15.0. The fourth-order valence-electron chi connectivity index (χ4n) is 4.69. The average molecular weight is 295 g/mol. The summed E-state index contributed by atoms with van der Waals surface area (Å²) in [6.45, 7) is 14.9. The Morgan fingerprint density at radius 3 is 2.29 bits per heavy atom. The van der Waals surface area contributed by atoms with E-state index in [1.165, 1.54) is 71.1 Å². The van der Waals surface area contributed by atoms with Gasteiger partial charge in [-0.15, -0.1) is 0 Å². The maximum atomic E-state index is 2.83. The molecule has 0 amide bonds. The van der Waals surface area contributed by atoms with Gasteiger partial charge in [0.25, 0.3) is 0 Å². The molecule has 124 valence electrons. The van der Waals surface area contributed by atoms with Gasteiger partial charge in [-0.2, -0.15) is 0 Å². The molecule has 2 heterocycles. The number of piperidine rings is 1. The second-order valence-electron chi connectivity index (χ2n) is 7.92. The van der Waals surface area contributed by atoms with Crippen molar-refractivity contribution in [1.29, 1.82) is 0 Å². The van der Waals surface area contributed by atoms with Crippen LogP contribution >= 0.6 is 0 Å². The number of nitrogens with zero attached hydrogens (tertiary/aromatic N) is 2. The summed E-state index contributed by atoms with van der Waals surface area (Å²) in [5, 5.41) is 0. The monoisotopic (exact) mass is 294 g/mol. The third-order valence-corrected chi connectivity index (χ3v) is 5.64. The molecule has 0 spiro atoms. The summed E-state index contributed by atoms with van der Waals surface area (Å²) < 4.78 is 0. The molecule has 2 saturated heterocycles. The average Bonchev–Trinajstić information content (AvgIpc) is 2.92. The van der Waals surface area contributed by atoms with Crippen LogP contribution in [0.2, 0.25) is 0 Å². The van der Waals surface area contributed by atoms with E-state index in [2.05, 4.69) is 37.5 Å². The highest BCUT2D eigenvalue weighted by Gasteiger charge is 2.34. The van der Waals surface area contributed by atoms with Gasteiger partial charge >= 0.3 is 0 Å². The van der Waals surface area contributed by atoms with Crippen molar-refractivity contribution in [3.63, 3.8) is 0 Å². The maximum absolute atomic E-state index is 2.83. The quantitative estimate of drug-likeness (QED) is 0.687. The fourth-order valence-corrected chi connectivity index (χ4v) is 4.69. The third-order valence-electron chi connectivity index (χ3n) is 5.64. The van der Waals surface area contributed by atoms with Crippen LogP contribution < -0.4 is 0 Å². The summed E-state index contributed by atoms with van der Waals surface area (Å²) in [6.07, 6.45) is 9.76. The van der Waals surface area contributed by atoms with E-state index in [0.717, 1.165) is 23.9 Å². The molecular formula is C19H38N2. The van der Waals surface area contributed by atoms with Crippen molar-refractivity contribution in [3.8, 4) is 0 Å². The molecule has 2 fully saturated rings. The summed E-state index contributed by atoms with van der Waals surface area (Å²) in [5.41, 5.74) is 0. The van der Waals surface area contributed by atoms with Gasteiger partial charge in [0, 0.05) is 38.3 Å². The van der Waals surface area contributed by atoms with Gasteiger partial charge in [-0.3, -0.25) is 9.80 Å². The lowest BCUT2D eigenvalue weighted by atomic mass is 9.91. The van der Waals surface area contributed by atoms with E-state index in [-0.39, 0.29) is 0 Å². The normalized spacial score (nSPS) is 33.4. The largest absolute Gasteiger partial charge is 0.299 e. The zero-order valence-electron chi connectivity index (χ0n) is 15.0. The van der Waals surface area contributed by atoms with Gasteiger partial charge in [-0.25, -0.2) is 0 Å². The van der Waals surface area contributed by atoms with Crippen LogP contribution in [0.1, 0.15) is 72.6 Å². The van der Waals surface area contributed by atoms with Crippen LogP contribution in [-0.4, -0.2) is 48.1 Å². The van der Waals surface area contributed by atoms with E-state index in [9.17, 15) is 0 Å². The van der Waals surface area contributed by atoms with Crippen LogP contribution in [0.15, 0.2) is 0 Å². The van der Waals surface area contributed by atoms with Crippen molar-refractivity contribution in [2.24, 2.45) is 11.8 Å². The third kappa shape index (κ3) is 4.96. The number of unbranched alkanes of at least 4 members (excludes halogenated alkanes) is 1. The molecule has 2 nitrogen and oxygen atoms in total. The van der Waals surface area contributed by atoms with Gasteiger partial charge in [0.15, 0.2) is 0 Å². The lowest BCUT2D eigenvalue weighted by molar-refractivity contribution is 0.0923. The molecule has 0 aromatic carbocycles. The van der Waals surface area contributed by atoms with Gasteiger partial charge in [-0.1, -0.05) is 47.0 Å². The van der Waals surface area contributed by atoms with Crippen LogP contribution in [0.5, 0.6) is 0 Å². The summed E-state index contributed by atoms with van der Waals surface area (Å²) in [4.78, 5) is 5.65. The second-order valence-corrected chi connectivity index (χ2v) is 7.92. The molecular weight excluding hydrogens is 256 g/mol. The van der Waals surface area contributed by atoms with Gasteiger partial charge in [0.1, 0.15) is 0 Å². The Labute approximate surface area is 133 Å². The lowest BCUT2D eigenvalue weighted by Gasteiger charge is -2.39. The predicted octanol–water partition coefficient (Wildman–Crippen LogP) is 4.40. The van der Waals surface area contributed by atoms with Crippen molar-refractivity contribution in [3.05, 3.63) is 0 Å². The highest BCUT2D eigenvalue weighted by atomic mass is 15.3. The maximum Gasteiger partial charge on any atom is 0.0235 e.